The van der Waals surface area contributed by atoms with Gasteiger partial charge in [0.1, 0.15) is 5.75 Å². The van der Waals surface area contributed by atoms with E-state index in [2.05, 4.69) is 15.5 Å². The topological polar surface area (TPSA) is 73.3 Å². The molecule has 1 N–H and O–H groups in total. The van der Waals surface area contributed by atoms with Crippen molar-refractivity contribution in [2.75, 3.05) is 18.5 Å². The van der Waals surface area contributed by atoms with Crippen LogP contribution >= 0.6 is 0 Å². The van der Waals surface area contributed by atoms with Crippen molar-refractivity contribution in [1.29, 1.82) is 0 Å². The van der Waals surface area contributed by atoms with Crippen molar-refractivity contribution in [2.45, 2.75) is 20.3 Å². The lowest BCUT2D eigenvalue weighted by Gasteiger charge is -2.08. The molecule has 1 aromatic heterocycles. The van der Waals surface area contributed by atoms with Crippen molar-refractivity contribution in [3.05, 3.63) is 66.2 Å². The van der Waals surface area contributed by atoms with Gasteiger partial charge in [-0.3, -0.25) is 4.79 Å². The molecular formula is C22H23N3O3. The molecule has 0 saturated carbocycles. The SMILES string of the molecule is CCOc1ccc(CC(=O)Nc2cccc(-c3ccc(OCC)nn3)c2)cc1. The van der Waals surface area contributed by atoms with Crippen LogP contribution in [0.4, 0.5) is 5.69 Å². The van der Waals surface area contributed by atoms with E-state index in [0.29, 0.717) is 36.9 Å². The largest absolute Gasteiger partial charge is 0.494 e. The summed E-state index contributed by atoms with van der Waals surface area (Å²) < 4.78 is 10.7. The molecule has 1 amide bonds. The summed E-state index contributed by atoms with van der Waals surface area (Å²) in [5.74, 6) is 1.21. The second kappa shape index (κ2) is 9.50. The first-order valence-electron chi connectivity index (χ1n) is 9.26. The third kappa shape index (κ3) is 5.30. The zero-order chi connectivity index (χ0) is 19.8. The van der Waals surface area contributed by atoms with Crippen molar-refractivity contribution >= 4 is 11.6 Å². The van der Waals surface area contributed by atoms with E-state index >= 15 is 0 Å². The second-order valence-electron chi connectivity index (χ2n) is 6.07. The lowest BCUT2D eigenvalue weighted by Crippen LogP contribution is -2.14. The van der Waals surface area contributed by atoms with Gasteiger partial charge in [0, 0.05) is 17.3 Å². The van der Waals surface area contributed by atoms with E-state index in [0.717, 1.165) is 16.9 Å². The van der Waals surface area contributed by atoms with Gasteiger partial charge in [0.05, 0.1) is 25.3 Å². The molecule has 0 aliphatic carbocycles. The molecule has 0 radical (unpaired) electrons. The predicted octanol–water partition coefficient (Wildman–Crippen LogP) is 4.12. The van der Waals surface area contributed by atoms with Crippen LogP contribution < -0.4 is 14.8 Å². The second-order valence-corrected chi connectivity index (χ2v) is 6.07. The highest BCUT2D eigenvalue weighted by Gasteiger charge is 2.07. The number of ether oxygens (including phenoxy) is 2. The molecule has 3 aromatic rings. The fourth-order valence-corrected chi connectivity index (χ4v) is 2.72. The van der Waals surface area contributed by atoms with Crippen LogP contribution in [0.2, 0.25) is 0 Å². The zero-order valence-corrected chi connectivity index (χ0v) is 16.0. The van der Waals surface area contributed by atoms with E-state index in [4.69, 9.17) is 9.47 Å². The van der Waals surface area contributed by atoms with E-state index < -0.39 is 0 Å². The highest BCUT2D eigenvalue weighted by molar-refractivity contribution is 5.92. The quantitative estimate of drug-likeness (QED) is 0.639. The normalized spacial score (nSPS) is 10.4. The highest BCUT2D eigenvalue weighted by atomic mass is 16.5. The van der Waals surface area contributed by atoms with Gasteiger partial charge >= 0.3 is 0 Å². The van der Waals surface area contributed by atoms with Gasteiger partial charge in [-0.15, -0.1) is 10.2 Å². The van der Waals surface area contributed by atoms with Crippen molar-refractivity contribution in [3.8, 4) is 22.9 Å². The monoisotopic (exact) mass is 377 g/mol. The number of benzene rings is 2. The fourth-order valence-electron chi connectivity index (χ4n) is 2.72. The van der Waals surface area contributed by atoms with E-state index in [1.165, 1.54) is 0 Å². The van der Waals surface area contributed by atoms with Gasteiger partial charge in [-0.05, 0) is 49.7 Å². The average molecular weight is 377 g/mol. The molecule has 2 aromatic carbocycles. The van der Waals surface area contributed by atoms with Gasteiger partial charge in [0.25, 0.3) is 0 Å². The minimum absolute atomic E-state index is 0.0842. The van der Waals surface area contributed by atoms with Crippen LogP contribution in [-0.2, 0) is 11.2 Å². The molecular weight excluding hydrogens is 354 g/mol. The van der Waals surface area contributed by atoms with E-state index in [9.17, 15) is 4.79 Å². The lowest BCUT2D eigenvalue weighted by molar-refractivity contribution is -0.115. The first-order valence-corrected chi connectivity index (χ1v) is 9.26. The predicted molar refractivity (Wildman–Crippen MR) is 109 cm³/mol. The van der Waals surface area contributed by atoms with Gasteiger partial charge in [-0.1, -0.05) is 24.3 Å². The molecule has 0 spiro atoms. The molecule has 6 nitrogen and oxygen atoms in total. The highest BCUT2D eigenvalue weighted by Crippen LogP contribution is 2.22. The van der Waals surface area contributed by atoms with Crippen LogP contribution in [0.5, 0.6) is 11.6 Å². The van der Waals surface area contributed by atoms with Crippen molar-refractivity contribution < 1.29 is 14.3 Å². The minimum atomic E-state index is -0.0842. The van der Waals surface area contributed by atoms with Crippen LogP contribution in [-0.4, -0.2) is 29.3 Å². The Morgan fingerprint density at radius 1 is 0.929 bits per heavy atom. The Hall–Kier alpha value is -3.41. The minimum Gasteiger partial charge on any atom is -0.494 e. The number of amides is 1. The third-order valence-electron chi connectivity index (χ3n) is 3.97. The van der Waals surface area contributed by atoms with Crippen molar-refractivity contribution in [3.63, 3.8) is 0 Å². The maximum absolute atomic E-state index is 12.4. The molecule has 0 aliphatic heterocycles. The molecule has 1 heterocycles. The summed E-state index contributed by atoms with van der Waals surface area (Å²) in [5.41, 5.74) is 3.22. The van der Waals surface area contributed by atoms with E-state index in [-0.39, 0.29) is 5.91 Å². The number of aromatic nitrogens is 2. The van der Waals surface area contributed by atoms with Gasteiger partial charge in [0.15, 0.2) is 0 Å². The number of hydrogen-bond acceptors (Lipinski definition) is 5. The number of rotatable bonds is 8. The molecule has 0 bridgehead atoms. The summed E-state index contributed by atoms with van der Waals surface area (Å²) in [4.78, 5) is 12.4. The zero-order valence-electron chi connectivity index (χ0n) is 16.0. The first-order chi connectivity index (χ1) is 13.7. The summed E-state index contributed by atoms with van der Waals surface area (Å²) in [5, 5.41) is 11.1. The number of carbonyl (C=O) groups is 1. The molecule has 3 rings (SSSR count). The fraction of sp³-hybridized carbons (Fsp3) is 0.227. The molecule has 0 unspecified atom stereocenters. The average Bonchev–Trinajstić information content (AvgIpc) is 2.71. The van der Waals surface area contributed by atoms with Crippen LogP contribution in [0, 0.1) is 0 Å². The Balaban J connectivity index is 1.64. The third-order valence-corrected chi connectivity index (χ3v) is 3.97. The van der Waals surface area contributed by atoms with E-state index in [1.807, 2.05) is 68.4 Å². The number of nitrogens with zero attached hydrogens (tertiary/aromatic N) is 2. The van der Waals surface area contributed by atoms with Gasteiger partial charge in [-0.2, -0.15) is 0 Å². The van der Waals surface area contributed by atoms with Crippen LogP contribution in [0.15, 0.2) is 60.7 Å². The van der Waals surface area contributed by atoms with Crippen molar-refractivity contribution in [2.24, 2.45) is 0 Å². The number of nitrogens with one attached hydrogen (secondary N) is 1. The Kier molecular flexibility index (Phi) is 6.57. The summed E-state index contributed by atoms with van der Waals surface area (Å²) in [6.45, 7) is 5.00. The summed E-state index contributed by atoms with van der Waals surface area (Å²) in [6.07, 6.45) is 0.291. The standard InChI is InChI=1S/C22H23N3O3/c1-3-27-19-10-8-16(9-11-19)14-21(26)23-18-7-5-6-17(15-18)20-12-13-22(25-24-20)28-4-2/h5-13,15H,3-4,14H2,1-2H3,(H,23,26). The summed E-state index contributed by atoms with van der Waals surface area (Å²) in [7, 11) is 0. The molecule has 0 atom stereocenters. The molecule has 6 heteroatoms. The van der Waals surface area contributed by atoms with E-state index in [1.54, 1.807) is 6.07 Å². The van der Waals surface area contributed by atoms with Crippen LogP contribution in [0.3, 0.4) is 0 Å². The maximum Gasteiger partial charge on any atom is 0.233 e. The number of hydrogen-bond donors (Lipinski definition) is 1. The number of carbonyl (C=O) groups excluding carboxylic acids is 1. The summed E-state index contributed by atoms with van der Waals surface area (Å²) >= 11 is 0. The van der Waals surface area contributed by atoms with Gasteiger partial charge in [-0.25, -0.2) is 0 Å². The van der Waals surface area contributed by atoms with Crippen LogP contribution in [0.25, 0.3) is 11.3 Å². The Labute approximate surface area is 164 Å². The lowest BCUT2D eigenvalue weighted by atomic mass is 10.1. The first kappa shape index (κ1) is 19.4. The molecule has 0 saturated heterocycles. The Morgan fingerprint density at radius 3 is 2.39 bits per heavy atom. The molecule has 144 valence electrons. The number of anilines is 1. The Morgan fingerprint density at radius 2 is 1.71 bits per heavy atom. The van der Waals surface area contributed by atoms with Gasteiger partial charge < -0.3 is 14.8 Å². The van der Waals surface area contributed by atoms with Crippen molar-refractivity contribution in [1.82, 2.24) is 10.2 Å². The summed E-state index contributed by atoms with van der Waals surface area (Å²) in [6, 6.07) is 18.7. The Bertz CT molecular complexity index is 909. The molecule has 0 aliphatic rings. The smallest absolute Gasteiger partial charge is 0.233 e. The van der Waals surface area contributed by atoms with Gasteiger partial charge in [0.2, 0.25) is 11.8 Å². The van der Waals surface area contributed by atoms with Crippen LogP contribution in [0.1, 0.15) is 19.4 Å². The molecule has 0 fully saturated rings. The maximum atomic E-state index is 12.4. The molecule has 28 heavy (non-hydrogen) atoms.